The molecule has 0 aliphatic rings. The summed E-state index contributed by atoms with van der Waals surface area (Å²) < 4.78 is 3.50. The Morgan fingerprint density at radius 3 is 2.85 bits per heavy atom. The van der Waals surface area contributed by atoms with E-state index < -0.39 is 0 Å². The third kappa shape index (κ3) is 3.04. The second-order valence-electron chi connectivity index (χ2n) is 5.82. The number of fused-ring (bicyclic) bond motifs is 2. The number of hydrogen-bond donors (Lipinski definition) is 1. The van der Waals surface area contributed by atoms with Crippen LogP contribution in [0.3, 0.4) is 0 Å². The van der Waals surface area contributed by atoms with E-state index in [2.05, 4.69) is 20.6 Å². The van der Waals surface area contributed by atoms with Crippen LogP contribution in [0.4, 0.5) is 0 Å². The number of para-hydroxylation sites is 1. The van der Waals surface area contributed by atoms with Gasteiger partial charge in [-0.1, -0.05) is 18.2 Å². The van der Waals surface area contributed by atoms with Crippen molar-refractivity contribution in [3.8, 4) is 0 Å². The fraction of sp³-hybridized carbons (Fsp3) is 0.167. The van der Waals surface area contributed by atoms with E-state index in [4.69, 9.17) is 0 Å². The van der Waals surface area contributed by atoms with E-state index in [1.807, 2.05) is 47.0 Å². The van der Waals surface area contributed by atoms with Crippen LogP contribution in [-0.4, -0.2) is 30.3 Å². The van der Waals surface area contributed by atoms with Gasteiger partial charge in [0.25, 0.3) is 0 Å². The van der Waals surface area contributed by atoms with Crippen molar-refractivity contribution >= 4 is 22.5 Å². The third-order valence-electron chi connectivity index (χ3n) is 4.14. The van der Waals surface area contributed by atoms with E-state index in [1.54, 1.807) is 10.7 Å². The minimum absolute atomic E-state index is 0.123. The fourth-order valence-corrected chi connectivity index (χ4v) is 2.82. The van der Waals surface area contributed by atoms with Gasteiger partial charge >= 0.3 is 0 Å². The molecule has 0 unspecified atom stereocenters. The summed E-state index contributed by atoms with van der Waals surface area (Å²) in [6, 6.07) is 12.9. The van der Waals surface area contributed by atoms with Gasteiger partial charge in [-0.15, -0.1) is 10.2 Å². The minimum Gasteiger partial charge on any atom is -0.349 e. The highest BCUT2D eigenvalue weighted by Gasteiger charge is 2.09. The van der Waals surface area contributed by atoms with Crippen molar-refractivity contribution in [1.29, 1.82) is 0 Å². The quantitative estimate of drug-likeness (QED) is 0.584. The molecule has 8 heteroatoms. The van der Waals surface area contributed by atoms with E-state index in [-0.39, 0.29) is 17.8 Å². The van der Waals surface area contributed by atoms with Gasteiger partial charge in [-0.2, -0.15) is 5.10 Å². The van der Waals surface area contributed by atoms with Gasteiger partial charge in [0.1, 0.15) is 0 Å². The largest absolute Gasteiger partial charge is 0.349 e. The van der Waals surface area contributed by atoms with Crippen molar-refractivity contribution in [3.05, 3.63) is 70.9 Å². The smallest absolute Gasteiger partial charge is 0.222 e. The van der Waals surface area contributed by atoms with Crippen molar-refractivity contribution in [2.24, 2.45) is 0 Å². The van der Waals surface area contributed by atoms with Gasteiger partial charge in [0, 0.05) is 18.0 Å². The molecule has 0 atom stereocenters. The van der Waals surface area contributed by atoms with Gasteiger partial charge in [-0.25, -0.2) is 0 Å². The van der Waals surface area contributed by atoms with E-state index in [0.717, 1.165) is 11.2 Å². The molecule has 26 heavy (non-hydrogen) atoms. The molecule has 0 saturated carbocycles. The van der Waals surface area contributed by atoms with Crippen LogP contribution in [0.25, 0.3) is 16.6 Å². The second-order valence-corrected chi connectivity index (χ2v) is 5.82. The number of amides is 1. The summed E-state index contributed by atoms with van der Waals surface area (Å²) in [5.74, 6) is 0.545. The number of nitrogens with zero attached hydrogens (tertiary/aromatic N) is 5. The minimum atomic E-state index is -0.125. The number of benzene rings is 1. The van der Waals surface area contributed by atoms with Crippen LogP contribution in [-0.2, 0) is 17.9 Å². The Balaban J connectivity index is 1.42. The normalized spacial score (nSPS) is 11.1. The Hall–Kier alpha value is -3.55. The maximum absolute atomic E-state index is 12.2. The van der Waals surface area contributed by atoms with Crippen molar-refractivity contribution in [2.45, 2.75) is 19.5 Å². The first-order valence-corrected chi connectivity index (χ1v) is 8.22. The number of pyridine rings is 1. The van der Waals surface area contributed by atoms with E-state index in [1.165, 1.54) is 6.20 Å². The highest BCUT2D eigenvalue weighted by molar-refractivity contribution is 5.79. The molecule has 0 aliphatic carbocycles. The zero-order valence-corrected chi connectivity index (χ0v) is 13.9. The lowest BCUT2D eigenvalue weighted by Crippen LogP contribution is -2.25. The number of aryl methyl sites for hydroxylation is 1. The maximum atomic E-state index is 12.2. The molecule has 1 aromatic carbocycles. The number of aromatic nitrogens is 5. The second kappa shape index (κ2) is 6.75. The summed E-state index contributed by atoms with van der Waals surface area (Å²) in [6.45, 7) is 0.676. The van der Waals surface area contributed by atoms with Gasteiger partial charge in [0.15, 0.2) is 11.5 Å². The zero-order valence-electron chi connectivity index (χ0n) is 13.9. The lowest BCUT2D eigenvalue weighted by atomic mass is 10.2. The molecule has 4 aromatic rings. The lowest BCUT2D eigenvalue weighted by molar-refractivity contribution is -0.121. The first kappa shape index (κ1) is 15.9. The molecule has 1 amide bonds. The molecule has 130 valence electrons. The average Bonchev–Trinajstić information content (AvgIpc) is 3.09. The molecular formula is C18H16N6O2. The Morgan fingerprint density at radius 2 is 1.92 bits per heavy atom. The maximum Gasteiger partial charge on any atom is 0.222 e. The molecule has 3 heterocycles. The first-order chi connectivity index (χ1) is 12.7. The third-order valence-corrected chi connectivity index (χ3v) is 4.14. The molecule has 0 fully saturated rings. The number of nitrogens with one attached hydrogen (secondary N) is 1. The molecule has 1 N–H and O–H groups in total. The monoisotopic (exact) mass is 348 g/mol. The summed E-state index contributed by atoms with van der Waals surface area (Å²) >= 11 is 0. The first-order valence-electron chi connectivity index (χ1n) is 8.22. The standard InChI is InChI=1S/C18H16N6O2/c25-15-11-20-24(14-6-2-1-5-13(14)15)10-8-18(26)19-12-17-22-21-16-7-3-4-9-23(16)17/h1-7,9,11H,8,10,12H2,(H,19,26). The average molecular weight is 348 g/mol. The Morgan fingerprint density at radius 1 is 1.08 bits per heavy atom. The van der Waals surface area contributed by atoms with Gasteiger partial charge in [0.05, 0.1) is 24.8 Å². The summed E-state index contributed by atoms with van der Waals surface area (Å²) in [4.78, 5) is 24.0. The van der Waals surface area contributed by atoms with Gasteiger partial charge < -0.3 is 5.32 Å². The molecule has 0 radical (unpaired) electrons. The predicted molar refractivity (Wildman–Crippen MR) is 95.5 cm³/mol. The van der Waals surface area contributed by atoms with Crippen LogP contribution in [0.5, 0.6) is 0 Å². The zero-order chi connectivity index (χ0) is 17.9. The highest BCUT2D eigenvalue weighted by Crippen LogP contribution is 2.08. The van der Waals surface area contributed by atoms with Gasteiger partial charge in [-0.3, -0.25) is 18.7 Å². The molecule has 8 nitrogen and oxygen atoms in total. The lowest BCUT2D eigenvalue weighted by Gasteiger charge is -2.09. The van der Waals surface area contributed by atoms with Crippen molar-refractivity contribution in [1.82, 2.24) is 29.7 Å². The van der Waals surface area contributed by atoms with Crippen LogP contribution in [0, 0.1) is 0 Å². The van der Waals surface area contributed by atoms with Crippen molar-refractivity contribution < 1.29 is 4.79 Å². The van der Waals surface area contributed by atoms with E-state index in [0.29, 0.717) is 24.3 Å². The molecule has 4 rings (SSSR count). The van der Waals surface area contributed by atoms with E-state index >= 15 is 0 Å². The molecule has 3 aromatic heterocycles. The summed E-state index contributed by atoms with van der Waals surface area (Å²) in [5.41, 5.74) is 1.33. The Kier molecular flexibility index (Phi) is 4.14. The Bertz CT molecular complexity index is 1150. The van der Waals surface area contributed by atoms with Gasteiger partial charge in [0.2, 0.25) is 11.3 Å². The van der Waals surface area contributed by atoms with E-state index in [9.17, 15) is 9.59 Å². The predicted octanol–water partition coefficient (Wildman–Crippen LogP) is 1.15. The highest BCUT2D eigenvalue weighted by atomic mass is 16.1. The topological polar surface area (TPSA) is 94.2 Å². The van der Waals surface area contributed by atoms with Crippen molar-refractivity contribution in [3.63, 3.8) is 0 Å². The molecule has 0 bridgehead atoms. The molecule has 0 spiro atoms. The number of carbonyl (C=O) groups is 1. The van der Waals surface area contributed by atoms with Crippen LogP contribution in [0.2, 0.25) is 0 Å². The number of carbonyl (C=O) groups excluding carboxylic acids is 1. The fourth-order valence-electron chi connectivity index (χ4n) is 2.82. The van der Waals surface area contributed by atoms with Crippen LogP contribution in [0.1, 0.15) is 12.2 Å². The summed E-state index contributed by atoms with van der Waals surface area (Å²) in [5, 5.41) is 15.7. The van der Waals surface area contributed by atoms with Crippen molar-refractivity contribution in [2.75, 3.05) is 0 Å². The van der Waals surface area contributed by atoms with Crippen LogP contribution < -0.4 is 10.7 Å². The van der Waals surface area contributed by atoms with Crippen LogP contribution >= 0.6 is 0 Å². The van der Waals surface area contributed by atoms with Crippen LogP contribution in [0.15, 0.2) is 59.7 Å². The SMILES string of the molecule is O=C(CCn1ncc(=O)c2ccccc21)NCc1nnc2ccccn12. The summed E-state index contributed by atoms with van der Waals surface area (Å²) in [6.07, 6.45) is 3.38. The van der Waals surface area contributed by atoms with Gasteiger partial charge in [-0.05, 0) is 24.3 Å². The Labute approximate surface area is 148 Å². The molecule has 0 saturated heterocycles. The summed E-state index contributed by atoms with van der Waals surface area (Å²) in [7, 11) is 0. The number of rotatable bonds is 5. The molecular weight excluding hydrogens is 332 g/mol. The number of hydrogen-bond acceptors (Lipinski definition) is 5. The molecule has 0 aliphatic heterocycles.